The smallest absolute Gasteiger partial charge is 0.0978 e. The van der Waals surface area contributed by atoms with E-state index < -0.39 is 6.10 Å². The van der Waals surface area contributed by atoms with Gasteiger partial charge in [-0.15, -0.1) is 11.3 Å². The molecule has 1 heterocycles. The summed E-state index contributed by atoms with van der Waals surface area (Å²) in [6.07, 6.45) is 1.08. The van der Waals surface area contributed by atoms with Crippen LogP contribution in [0.5, 0.6) is 0 Å². The van der Waals surface area contributed by atoms with Gasteiger partial charge in [0, 0.05) is 23.1 Å². The topological polar surface area (TPSA) is 59.1 Å². The molecule has 0 aliphatic heterocycles. The van der Waals surface area contributed by atoms with Crippen LogP contribution in [0.3, 0.4) is 0 Å². The van der Waals surface area contributed by atoms with Gasteiger partial charge in [0.25, 0.3) is 0 Å². The van der Waals surface area contributed by atoms with Crippen molar-refractivity contribution in [3.05, 3.63) is 50.9 Å². The van der Waals surface area contributed by atoms with Crippen molar-refractivity contribution in [2.75, 3.05) is 6.54 Å². The molecular weight excluding hydrogens is 300 g/mol. The van der Waals surface area contributed by atoms with Crippen LogP contribution in [0.15, 0.2) is 40.4 Å². The van der Waals surface area contributed by atoms with E-state index in [1.807, 2.05) is 24.3 Å². The lowest BCUT2D eigenvalue weighted by atomic mass is 9.93. The van der Waals surface area contributed by atoms with Gasteiger partial charge in [-0.2, -0.15) is 0 Å². The fourth-order valence-electron chi connectivity index (χ4n) is 1.77. The maximum absolute atomic E-state index is 10.3. The Morgan fingerprint density at radius 1 is 1.41 bits per heavy atom. The Morgan fingerprint density at radius 3 is 2.76 bits per heavy atom. The zero-order chi connectivity index (χ0) is 12.3. The number of benzene rings is 1. The van der Waals surface area contributed by atoms with Crippen molar-refractivity contribution >= 4 is 27.3 Å². The average molecular weight is 313 g/mol. The number of nitrogens with two attached hydrogens (primary N) is 1. The molecule has 1 aromatic heterocycles. The van der Waals surface area contributed by atoms with Crippen molar-refractivity contribution < 1.29 is 5.11 Å². The molecule has 0 saturated heterocycles. The highest BCUT2D eigenvalue weighted by molar-refractivity contribution is 9.10. The largest absolute Gasteiger partial charge is 0.387 e. The van der Waals surface area contributed by atoms with Crippen LogP contribution in [-0.2, 0) is 0 Å². The van der Waals surface area contributed by atoms with Gasteiger partial charge in [0.15, 0.2) is 0 Å². The van der Waals surface area contributed by atoms with Crippen LogP contribution in [0.2, 0.25) is 0 Å². The van der Waals surface area contributed by atoms with Crippen LogP contribution in [0.25, 0.3) is 0 Å². The molecule has 0 bridgehead atoms. The summed E-state index contributed by atoms with van der Waals surface area (Å²) in [5, 5.41) is 10.3. The second-order valence-corrected chi connectivity index (χ2v) is 5.48. The standard InChI is InChI=1S/C12H13BrN2OS/c13-10-4-2-1-3-8(10)9(5-14)12(16)11-6-15-7-17-11/h1-4,6-7,9,12,16H,5,14H2. The molecule has 2 atom stereocenters. The minimum Gasteiger partial charge on any atom is -0.387 e. The lowest BCUT2D eigenvalue weighted by Crippen LogP contribution is -2.20. The Morgan fingerprint density at radius 2 is 2.18 bits per heavy atom. The molecule has 0 spiro atoms. The van der Waals surface area contributed by atoms with Gasteiger partial charge in [0.05, 0.1) is 16.5 Å². The number of rotatable bonds is 4. The van der Waals surface area contributed by atoms with Crippen molar-refractivity contribution in [1.29, 1.82) is 0 Å². The average Bonchev–Trinajstić information content (AvgIpc) is 2.86. The highest BCUT2D eigenvalue weighted by atomic mass is 79.9. The molecule has 3 N–H and O–H groups in total. The molecule has 3 nitrogen and oxygen atoms in total. The van der Waals surface area contributed by atoms with Crippen molar-refractivity contribution in [3.63, 3.8) is 0 Å². The molecule has 2 unspecified atom stereocenters. The molecule has 1 aromatic carbocycles. The quantitative estimate of drug-likeness (QED) is 0.912. The maximum Gasteiger partial charge on any atom is 0.0978 e. The second-order valence-electron chi connectivity index (χ2n) is 3.71. The van der Waals surface area contributed by atoms with E-state index >= 15 is 0 Å². The van der Waals surface area contributed by atoms with Gasteiger partial charge in [-0.3, -0.25) is 4.98 Å². The normalized spacial score (nSPS) is 14.5. The van der Waals surface area contributed by atoms with Crippen LogP contribution in [0.4, 0.5) is 0 Å². The number of halogens is 1. The number of hydrogen-bond acceptors (Lipinski definition) is 4. The summed E-state index contributed by atoms with van der Waals surface area (Å²) in [6.45, 7) is 0.391. The van der Waals surface area contributed by atoms with Gasteiger partial charge in [-0.05, 0) is 11.6 Å². The number of nitrogens with zero attached hydrogens (tertiary/aromatic N) is 1. The number of aliphatic hydroxyl groups excluding tert-OH is 1. The minimum atomic E-state index is -0.605. The van der Waals surface area contributed by atoms with Gasteiger partial charge < -0.3 is 10.8 Å². The zero-order valence-corrected chi connectivity index (χ0v) is 11.5. The van der Waals surface area contributed by atoms with Crippen LogP contribution in [0.1, 0.15) is 22.5 Å². The molecule has 2 aromatic rings. The minimum absolute atomic E-state index is 0.119. The number of aromatic nitrogens is 1. The van der Waals surface area contributed by atoms with Crippen molar-refractivity contribution in [2.24, 2.45) is 5.73 Å². The Labute approximate surface area is 112 Å². The first-order chi connectivity index (χ1) is 8.24. The van der Waals surface area contributed by atoms with Crippen LogP contribution < -0.4 is 5.73 Å². The molecular formula is C12H13BrN2OS. The summed E-state index contributed by atoms with van der Waals surface area (Å²) in [5.74, 6) is -0.119. The summed E-state index contributed by atoms with van der Waals surface area (Å²) < 4.78 is 0.971. The van der Waals surface area contributed by atoms with Crippen LogP contribution in [-0.4, -0.2) is 16.6 Å². The molecule has 17 heavy (non-hydrogen) atoms. The van der Waals surface area contributed by atoms with Gasteiger partial charge >= 0.3 is 0 Å². The SMILES string of the molecule is NCC(c1ccccc1Br)C(O)c1cncs1. The van der Waals surface area contributed by atoms with Gasteiger partial charge in [0.2, 0.25) is 0 Å². The van der Waals surface area contributed by atoms with Crippen molar-refractivity contribution in [3.8, 4) is 0 Å². The monoisotopic (exact) mass is 312 g/mol. The van der Waals surface area contributed by atoms with Gasteiger partial charge in [0.1, 0.15) is 0 Å². The van der Waals surface area contributed by atoms with E-state index in [0.717, 1.165) is 14.9 Å². The third-order valence-electron chi connectivity index (χ3n) is 2.68. The summed E-state index contributed by atoms with van der Waals surface area (Å²) >= 11 is 4.93. The molecule has 5 heteroatoms. The Balaban J connectivity index is 2.31. The van der Waals surface area contributed by atoms with Gasteiger partial charge in [-0.25, -0.2) is 0 Å². The molecule has 0 aliphatic carbocycles. The lowest BCUT2D eigenvalue weighted by molar-refractivity contribution is 0.150. The predicted octanol–water partition coefficient (Wildman–Crippen LogP) is 2.68. The zero-order valence-electron chi connectivity index (χ0n) is 9.08. The van der Waals surface area contributed by atoms with E-state index in [1.54, 1.807) is 11.7 Å². The predicted molar refractivity (Wildman–Crippen MR) is 73.0 cm³/mol. The fraction of sp³-hybridized carbons (Fsp3) is 0.250. The maximum atomic E-state index is 10.3. The highest BCUT2D eigenvalue weighted by Gasteiger charge is 2.24. The van der Waals surface area contributed by atoms with Crippen LogP contribution in [0, 0.1) is 0 Å². The Kier molecular flexibility index (Phi) is 4.28. The third kappa shape index (κ3) is 2.74. The lowest BCUT2D eigenvalue weighted by Gasteiger charge is -2.21. The number of aliphatic hydroxyl groups is 1. The fourth-order valence-corrected chi connectivity index (χ4v) is 3.02. The number of hydrogen-bond donors (Lipinski definition) is 2. The van der Waals surface area contributed by atoms with Gasteiger partial charge in [-0.1, -0.05) is 34.1 Å². The first-order valence-electron chi connectivity index (χ1n) is 5.25. The summed E-state index contributed by atoms with van der Waals surface area (Å²) in [7, 11) is 0. The second kappa shape index (κ2) is 5.73. The van der Waals surface area contributed by atoms with E-state index in [4.69, 9.17) is 5.73 Å². The molecule has 90 valence electrons. The van der Waals surface area contributed by atoms with E-state index in [1.165, 1.54) is 11.3 Å². The first-order valence-corrected chi connectivity index (χ1v) is 6.92. The van der Waals surface area contributed by atoms with E-state index in [0.29, 0.717) is 6.54 Å². The Bertz CT molecular complexity index is 475. The highest BCUT2D eigenvalue weighted by Crippen LogP contribution is 2.35. The first kappa shape index (κ1) is 12.7. The van der Waals surface area contributed by atoms with Crippen molar-refractivity contribution in [1.82, 2.24) is 4.98 Å². The summed E-state index contributed by atoms with van der Waals surface area (Å²) in [6, 6.07) is 7.83. The van der Waals surface area contributed by atoms with E-state index in [9.17, 15) is 5.11 Å². The molecule has 0 fully saturated rings. The van der Waals surface area contributed by atoms with E-state index in [-0.39, 0.29) is 5.92 Å². The third-order valence-corrected chi connectivity index (χ3v) is 4.25. The Hall–Kier alpha value is -0.750. The van der Waals surface area contributed by atoms with E-state index in [2.05, 4.69) is 20.9 Å². The molecule has 0 radical (unpaired) electrons. The number of thiazole rings is 1. The van der Waals surface area contributed by atoms with Crippen molar-refractivity contribution in [2.45, 2.75) is 12.0 Å². The summed E-state index contributed by atoms with van der Waals surface area (Å²) in [4.78, 5) is 4.83. The summed E-state index contributed by atoms with van der Waals surface area (Å²) in [5.41, 5.74) is 8.52. The molecule has 0 aliphatic rings. The molecule has 2 rings (SSSR count). The van der Waals surface area contributed by atoms with Crippen LogP contribution >= 0.6 is 27.3 Å². The molecule has 0 saturated carbocycles. The molecule has 0 amide bonds.